The van der Waals surface area contributed by atoms with E-state index < -0.39 is 0 Å². The number of ether oxygens (including phenoxy) is 3. The molecule has 0 spiro atoms. The molecular formula is C25H30N2O3. The highest BCUT2D eigenvalue weighted by atomic mass is 16.5. The summed E-state index contributed by atoms with van der Waals surface area (Å²) in [6.45, 7) is 0. The first kappa shape index (κ1) is 21.6. The van der Waals surface area contributed by atoms with Gasteiger partial charge in [0.05, 0.1) is 21.3 Å². The van der Waals surface area contributed by atoms with Gasteiger partial charge in [0.1, 0.15) is 0 Å². The number of benzene rings is 1. The number of nitrogens with zero attached hydrogens (tertiary/aromatic N) is 2. The maximum Gasteiger partial charge on any atom is 0.203 e. The van der Waals surface area contributed by atoms with Gasteiger partial charge in [0.15, 0.2) is 11.5 Å². The SMILES string of the molecule is COc1c(CCCc2ccccn2)cc(CCCc2ccccn2)c(OC)c1OC. The molecule has 5 heteroatoms. The second kappa shape index (κ2) is 11.2. The second-order valence-electron chi connectivity index (χ2n) is 7.14. The monoisotopic (exact) mass is 406 g/mol. The zero-order valence-corrected chi connectivity index (χ0v) is 18.1. The van der Waals surface area contributed by atoms with Gasteiger partial charge in [-0.2, -0.15) is 0 Å². The summed E-state index contributed by atoms with van der Waals surface area (Å²) in [5.74, 6) is 2.18. The maximum absolute atomic E-state index is 5.71. The van der Waals surface area contributed by atoms with Crippen LogP contribution in [0.4, 0.5) is 0 Å². The number of aryl methyl sites for hydroxylation is 4. The van der Waals surface area contributed by atoms with Crippen LogP contribution in [-0.4, -0.2) is 31.3 Å². The highest BCUT2D eigenvalue weighted by Gasteiger charge is 2.20. The fourth-order valence-corrected chi connectivity index (χ4v) is 3.75. The Labute approximate surface area is 179 Å². The van der Waals surface area contributed by atoms with Crippen LogP contribution < -0.4 is 14.2 Å². The lowest BCUT2D eigenvalue weighted by molar-refractivity contribution is 0.319. The number of pyridine rings is 2. The van der Waals surface area contributed by atoms with Crippen LogP contribution in [0.5, 0.6) is 17.2 Å². The predicted octanol–water partition coefficient (Wildman–Crippen LogP) is 4.85. The highest BCUT2D eigenvalue weighted by molar-refractivity contribution is 5.60. The Balaban J connectivity index is 1.77. The molecule has 0 atom stereocenters. The minimum atomic E-state index is 0.670. The molecule has 1 aromatic carbocycles. The van der Waals surface area contributed by atoms with Gasteiger partial charge in [-0.25, -0.2) is 0 Å². The van der Waals surface area contributed by atoms with E-state index in [9.17, 15) is 0 Å². The number of methoxy groups -OCH3 is 3. The van der Waals surface area contributed by atoms with Gasteiger partial charge in [0.25, 0.3) is 0 Å². The third-order valence-corrected chi connectivity index (χ3v) is 5.17. The van der Waals surface area contributed by atoms with Gasteiger partial charge in [-0.3, -0.25) is 9.97 Å². The predicted molar refractivity (Wildman–Crippen MR) is 119 cm³/mol. The van der Waals surface area contributed by atoms with Crippen LogP contribution in [-0.2, 0) is 25.7 Å². The van der Waals surface area contributed by atoms with Gasteiger partial charge in [0, 0.05) is 23.8 Å². The first-order valence-corrected chi connectivity index (χ1v) is 10.4. The van der Waals surface area contributed by atoms with E-state index in [1.807, 2.05) is 36.7 Å². The molecule has 30 heavy (non-hydrogen) atoms. The van der Waals surface area contributed by atoms with Crippen LogP contribution in [0.1, 0.15) is 35.4 Å². The van der Waals surface area contributed by atoms with E-state index in [0.717, 1.165) is 72.5 Å². The normalized spacial score (nSPS) is 10.6. The Morgan fingerprint density at radius 3 is 1.43 bits per heavy atom. The summed E-state index contributed by atoms with van der Waals surface area (Å²) >= 11 is 0. The zero-order chi connectivity index (χ0) is 21.2. The fraction of sp³-hybridized carbons (Fsp3) is 0.360. The maximum atomic E-state index is 5.71. The topological polar surface area (TPSA) is 53.5 Å². The lowest BCUT2D eigenvalue weighted by Gasteiger charge is -2.19. The van der Waals surface area contributed by atoms with Crippen molar-refractivity contribution in [2.45, 2.75) is 38.5 Å². The van der Waals surface area contributed by atoms with Crippen molar-refractivity contribution in [2.75, 3.05) is 21.3 Å². The Morgan fingerprint density at radius 2 is 1.07 bits per heavy atom. The highest BCUT2D eigenvalue weighted by Crippen LogP contribution is 2.43. The molecule has 0 aliphatic carbocycles. The summed E-state index contributed by atoms with van der Waals surface area (Å²) in [5.41, 5.74) is 4.48. The summed E-state index contributed by atoms with van der Waals surface area (Å²) in [6, 6.07) is 14.3. The van der Waals surface area contributed by atoms with Gasteiger partial charge in [-0.15, -0.1) is 0 Å². The minimum absolute atomic E-state index is 0.670. The minimum Gasteiger partial charge on any atom is -0.492 e. The molecule has 0 saturated heterocycles. The molecule has 3 rings (SSSR count). The average Bonchev–Trinajstić information content (AvgIpc) is 2.80. The lowest BCUT2D eigenvalue weighted by atomic mass is 9.98. The molecule has 5 nitrogen and oxygen atoms in total. The number of hydrogen-bond acceptors (Lipinski definition) is 5. The summed E-state index contributed by atoms with van der Waals surface area (Å²) in [7, 11) is 5.02. The van der Waals surface area contributed by atoms with Crippen LogP contribution in [0.3, 0.4) is 0 Å². The fourth-order valence-electron chi connectivity index (χ4n) is 3.75. The molecule has 0 bridgehead atoms. The van der Waals surface area contributed by atoms with Crippen molar-refractivity contribution < 1.29 is 14.2 Å². The molecule has 2 aromatic heterocycles. The van der Waals surface area contributed by atoms with Crippen molar-refractivity contribution >= 4 is 0 Å². The van der Waals surface area contributed by atoms with Crippen LogP contribution in [0.2, 0.25) is 0 Å². The number of hydrogen-bond donors (Lipinski definition) is 0. The Morgan fingerprint density at radius 1 is 0.600 bits per heavy atom. The summed E-state index contributed by atoms with van der Waals surface area (Å²) < 4.78 is 17.1. The van der Waals surface area contributed by atoms with Crippen molar-refractivity contribution in [3.05, 3.63) is 77.4 Å². The molecule has 0 aliphatic rings. The summed E-state index contributed by atoms with van der Waals surface area (Å²) in [4.78, 5) is 8.84. The van der Waals surface area contributed by atoms with Gasteiger partial charge in [-0.1, -0.05) is 12.1 Å². The van der Waals surface area contributed by atoms with Crippen molar-refractivity contribution in [1.29, 1.82) is 0 Å². The Bertz CT molecular complexity index is 843. The standard InChI is InChI=1S/C25H30N2O3/c1-28-23-19(10-8-14-21-12-4-6-16-26-21)18-20(24(29-2)25(23)30-3)11-9-15-22-13-5-7-17-27-22/h4-7,12-13,16-18H,8-11,14-15H2,1-3H3. The van der Waals surface area contributed by atoms with Crippen molar-refractivity contribution in [3.8, 4) is 17.2 Å². The zero-order valence-electron chi connectivity index (χ0n) is 18.1. The molecule has 0 unspecified atom stereocenters. The van der Waals surface area contributed by atoms with Crippen LogP contribution in [0.15, 0.2) is 54.9 Å². The molecule has 0 saturated carbocycles. The summed E-state index contributed by atoms with van der Waals surface area (Å²) in [6.07, 6.45) is 9.26. The van der Waals surface area contributed by atoms with E-state index in [1.54, 1.807) is 21.3 Å². The number of rotatable bonds is 11. The van der Waals surface area contributed by atoms with Gasteiger partial charge in [0.2, 0.25) is 5.75 Å². The molecule has 158 valence electrons. The Hall–Kier alpha value is -3.08. The van der Waals surface area contributed by atoms with Crippen molar-refractivity contribution in [3.63, 3.8) is 0 Å². The third-order valence-electron chi connectivity index (χ3n) is 5.17. The van der Waals surface area contributed by atoms with E-state index in [0.29, 0.717) is 5.75 Å². The van der Waals surface area contributed by atoms with E-state index >= 15 is 0 Å². The quantitative estimate of drug-likeness (QED) is 0.455. The average molecular weight is 407 g/mol. The third kappa shape index (κ3) is 5.50. The van der Waals surface area contributed by atoms with Crippen LogP contribution in [0, 0.1) is 0 Å². The first-order valence-electron chi connectivity index (χ1n) is 10.4. The van der Waals surface area contributed by atoms with Crippen molar-refractivity contribution in [1.82, 2.24) is 9.97 Å². The molecule has 0 radical (unpaired) electrons. The first-order chi connectivity index (χ1) is 14.8. The molecule has 2 heterocycles. The number of aromatic nitrogens is 2. The van der Waals surface area contributed by atoms with Gasteiger partial charge >= 0.3 is 0 Å². The lowest BCUT2D eigenvalue weighted by Crippen LogP contribution is -2.04. The van der Waals surface area contributed by atoms with E-state index in [-0.39, 0.29) is 0 Å². The largest absolute Gasteiger partial charge is 0.492 e. The molecule has 3 aromatic rings. The molecule has 0 amide bonds. The Kier molecular flexibility index (Phi) is 8.07. The van der Waals surface area contributed by atoms with E-state index in [4.69, 9.17) is 14.2 Å². The van der Waals surface area contributed by atoms with Gasteiger partial charge < -0.3 is 14.2 Å². The smallest absolute Gasteiger partial charge is 0.203 e. The van der Waals surface area contributed by atoms with E-state index in [2.05, 4.69) is 28.2 Å². The molecule has 0 aliphatic heterocycles. The van der Waals surface area contributed by atoms with Gasteiger partial charge in [-0.05, 0) is 80.0 Å². The molecule has 0 N–H and O–H groups in total. The second-order valence-corrected chi connectivity index (χ2v) is 7.14. The van der Waals surface area contributed by atoms with Crippen LogP contribution in [0.25, 0.3) is 0 Å². The van der Waals surface area contributed by atoms with Crippen LogP contribution >= 0.6 is 0 Å². The van der Waals surface area contributed by atoms with E-state index in [1.165, 1.54) is 0 Å². The molecule has 0 fully saturated rings. The van der Waals surface area contributed by atoms with Crippen molar-refractivity contribution in [2.24, 2.45) is 0 Å². The summed E-state index contributed by atoms with van der Waals surface area (Å²) in [5, 5.41) is 0. The molecular weight excluding hydrogens is 376 g/mol.